The van der Waals surface area contributed by atoms with E-state index in [-0.39, 0.29) is 25.0 Å². The van der Waals surface area contributed by atoms with Gasteiger partial charge in [-0.05, 0) is 38.1 Å². The zero-order chi connectivity index (χ0) is 19.8. The van der Waals surface area contributed by atoms with Crippen LogP contribution in [0.1, 0.15) is 27.7 Å². The minimum Gasteiger partial charge on any atom is -0.454 e. The van der Waals surface area contributed by atoms with Crippen molar-refractivity contribution in [1.82, 2.24) is 10.2 Å². The SMILES string of the molecule is CCN(Cc1ccc(Cl)s1)C(=O)COC(=O)CNC(=O)c1cccc(C)c1. The van der Waals surface area contributed by atoms with Gasteiger partial charge in [0.15, 0.2) is 6.61 Å². The van der Waals surface area contributed by atoms with Gasteiger partial charge in [0.05, 0.1) is 10.9 Å². The number of halogens is 1. The van der Waals surface area contributed by atoms with E-state index in [1.54, 1.807) is 29.2 Å². The molecule has 1 heterocycles. The summed E-state index contributed by atoms with van der Waals surface area (Å²) in [5.74, 6) is -1.34. The first kappa shape index (κ1) is 20.9. The van der Waals surface area contributed by atoms with Crippen molar-refractivity contribution in [2.24, 2.45) is 0 Å². The average Bonchev–Trinajstić information content (AvgIpc) is 3.07. The Kier molecular flexibility index (Phi) is 7.82. The molecule has 2 rings (SSSR count). The smallest absolute Gasteiger partial charge is 0.325 e. The summed E-state index contributed by atoms with van der Waals surface area (Å²) in [7, 11) is 0. The Balaban J connectivity index is 1.76. The zero-order valence-electron chi connectivity index (χ0n) is 15.2. The van der Waals surface area contributed by atoms with Crippen LogP contribution >= 0.6 is 22.9 Å². The van der Waals surface area contributed by atoms with Gasteiger partial charge in [-0.25, -0.2) is 0 Å². The normalized spacial score (nSPS) is 10.3. The molecule has 0 unspecified atom stereocenters. The summed E-state index contributed by atoms with van der Waals surface area (Å²) in [4.78, 5) is 38.5. The van der Waals surface area contributed by atoms with Crippen molar-refractivity contribution >= 4 is 40.7 Å². The molecule has 1 N–H and O–H groups in total. The number of rotatable bonds is 8. The third kappa shape index (κ3) is 6.69. The number of benzene rings is 1. The first-order valence-corrected chi connectivity index (χ1v) is 9.61. The van der Waals surface area contributed by atoms with Crippen molar-refractivity contribution in [1.29, 1.82) is 0 Å². The van der Waals surface area contributed by atoms with Crippen LogP contribution in [0.5, 0.6) is 0 Å². The third-order valence-electron chi connectivity index (χ3n) is 3.74. The molecule has 0 aliphatic heterocycles. The van der Waals surface area contributed by atoms with Crippen LogP contribution in [0.25, 0.3) is 0 Å². The lowest BCUT2D eigenvalue weighted by atomic mass is 10.1. The molecule has 2 amide bonds. The lowest BCUT2D eigenvalue weighted by Crippen LogP contribution is -2.36. The van der Waals surface area contributed by atoms with Gasteiger partial charge >= 0.3 is 5.97 Å². The summed E-state index contributed by atoms with van der Waals surface area (Å²) in [5.41, 5.74) is 1.41. The van der Waals surface area contributed by atoms with Gasteiger partial charge in [-0.3, -0.25) is 14.4 Å². The zero-order valence-corrected chi connectivity index (χ0v) is 16.7. The van der Waals surface area contributed by atoms with Crippen molar-refractivity contribution in [3.8, 4) is 0 Å². The molecule has 0 spiro atoms. The number of nitrogens with zero attached hydrogens (tertiary/aromatic N) is 1. The number of hydrogen-bond donors (Lipinski definition) is 1. The van der Waals surface area contributed by atoms with Crippen LogP contribution in [0, 0.1) is 6.92 Å². The third-order valence-corrected chi connectivity index (χ3v) is 4.96. The molecular weight excluding hydrogens is 388 g/mol. The summed E-state index contributed by atoms with van der Waals surface area (Å²) in [6, 6.07) is 10.7. The first-order valence-electron chi connectivity index (χ1n) is 8.41. The second-order valence-corrected chi connectivity index (χ2v) is 7.63. The molecule has 1 aromatic heterocycles. The van der Waals surface area contributed by atoms with E-state index in [0.29, 0.717) is 23.0 Å². The maximum Gasteiger partial charge on any atom is 0.325 e. The molecule has 8 heteroatoms. The molecule has 1 aromatic carbocycles. The van der Waals surface area contributed by atoms with E-state index in [1.165, 1.54) is 11.3 Å². The Morgan fingerprint density at radius 2 is 2.00 bits per heavy atom. The Morgan fingerprint density at radius 3 is 2.63 bits per heavy atom. The molecule has 144 valence electrons. The topological polar surface area (TPSA) is 75.7 Å². The first-order chi connectivity index (χ1) is 12.9. The molecule has 0 aliphatic rings. The Hall–Kier alpha value is -2.38. The second-order valence-electron chi connectivity index (χ2n) is 5.83. The monoisotopic (exact) mass is 408 g/mol. The molecule has 0 fully saturated rings. The molecular formula is C19H21ClN2O4S. The predicted molar refractivity (Wildman–Crippen MR) is 105 cm³/mol. The van der Waals surface area contributed by atoms with Gasteiger partial charge in [0.2, 0.25) is 0 Å². The van der Waals surface area contributed by atoms with Crippen LogP contribution in [0.15, 0.2) is 36.4 Å². The molecule has 0 aliphatic carbocycles. The fourth-order valence-electron chi connectivity index (χ4n) is 2.33. The molecule has 27 heavy (non-hydrogen) atoms. The summed E-state index contributed by atoms with van der Waals surface area (Å²) >= 11 is 7.29. The highest BCUT2D eigenvalue weighted by atomic mass is 35.5. The number of aryl methyl sites for hydroxylation is 1. The lowest BCUT2D eigenvalue weighted by Gasteiger charge is -2.20. The van der Waals surface area contributed by atoms with Crippen molar-refractivity contribution < 1.29 is 19.1 Å². The van der Waals surface area contributed by atoms with Crippen LogP contribution in [-0.4, -0.2) is 42.4 Å². The van der Waals surface area contributed by atoms with E-state index in [1.807, 2.05) is 26.0 Å². The van der Waals surface area contributed by atoms with Crippen LogP contribution < -0.4 is 5.32 Å². The minimum atomic E-state index is -0.667. The molecule has 2 aromatic rings. The maximum absolute atomic E-state index is 12.2. The Bertz CT molecular complexity index is 822. The Labute approximate surface area is 167 Å². The Morgan fingerprint density at radius 1 is 1.22 bits per heavy atom. The number of ether oxygens (including phenoxy) is 1. The number of thiophene rings is 1. The molecule has 0 saturated carbocycles. The summed E-state index contributed by atoms with van der Waals surface area (Å²) < 4.78 is 5.63. The van der Waals surface area contributed by atoms with Crippen molar-refractivity contribution in [2.45, 2.75) is 20.4 Å². The van der Waals surface area contributed by atoms with Crippen LogP contribution in [0.3, 0.4) is 0 Å². The van der Waals surface area contributed by atoms with Gasteiger partial charge in [0.25, 0.3) is 11.8 Å². The van der Waals surface area contributed by atoms with Crippen LogP contribution in [0.2, 0.25) is 4.34 Å². The predicted octanol–water partition coefficient (Wildman–Crippen LogP) is 3.03. The van der Waals surface area contributed by atoms with Gasteiger partial charge in [-0.15, -0.1) is 11.3 Å². The van der Waals surface area contributed by atoms with Crippen molar-refractivity contribution in [3.05, 3.63) is 56.7 Å². The van der Waals surface area contributed by atoms with E-state index in [9.17, 15) is 14.4 Å². The molecule has 0 saturated heterocycles. The average molecular weight is 409 g/mol. The maximum atomic E-state index is 12.2. The van der Waals surface area contributed by atoms with Gasteiger partial charge in [0, 0.05) is 17.0 Å². The fourth-order valence-corrected chi connectivity index (χ4v) is 3.43. The summed E-state index contributed by atoms with van der Waals surface area (Å²) in [6.45, 7) is 3.94. The van der Waals surface area contributed by atoms with Gasteiger partial charge in [-0.1, -0.05) is 29.3 Å². The van der Waals surface area contributed by atoms with Crippen molar-refractivity contribution in [2.75, 3.05) is 19.7 Å². The minimum absolute atomic E-state index is 0.299. The van der Waals surface area contributed by atoms with E-state index < -0.39 is 5.97 Å². The number of carbonyl (C=O) groups is 3. The van der Waals surface area contributed by atoms with Crippen LogP contribution in [0.4, 0.5) is 0 Å². The molecule has 0 bridgehead atoms. The van der Waals surface area contributed by atoms with E-state index >= 15 is 0 Å². The number of nitrogens with one attached hydrogen (secondary N) is 1. The molecule has 0 atom stereocenters. The largest absolute Gasteiger partial charge is 0.454 e. The van der Waals surface area contributed by atoms with E-state index in [0.717, 1.165) is 10.4 Å². The standard InChI is InChI=1S/C19H21ClN2O4S/c1-3-22(11-15-7-8-16(20)27-15)17(23)12-26-18(24)10-21-19(25)14-6-4-5-13(2)9-14/h4-9H,3,10-12H2,1-2H3,(H,21,25). The summed E-state index contributed by atoms with van der Waals surface area (Å²) in [6.07, 6.45) is 0. The number of carbonyl (C=O) groups excluding carboxylic acids is 3. The highest BCUT2D eigenvalue weighted by molar-refractivity contribution is 7.16. The quantitative estimate of drug-likeness (QED) is 0.681. The molecule has 6 nitrogen and oxygen atoms in total. The lowest BCUT2D eigenvalue weighted by molar-refractivity contribution is -0.151. The fraction of sp³-hybridized carbons (Fsp3) is 0.316. The van der Waals surface area contributed by atoms with Gasteiger partial charge < -0.3 is 15.0 Å². The van der Waals surface area contributed by atoms with Gasteiger partial charge in [-0.2, -0.15) is 0 Å². The highest BCUT2D eigenvalue weighted by Crippen LogP contribution is 2.22. The summed E-state index contributed by atoms with van der Waals surface area (Å²) in [5, 5.41) is 2.48. The second kappa shape index (κ2) is 10.1. The van der Waals surface area contributed by atoms with Gasteiger partial charge in [0.1, 0.15) is 6.54 Å². The number of amides is 2. The van der Waals surface area contributed by atoms with E-state index in [4.69, 9.17) is 16.3 Å². The van der Waals surface area contributed by atoms with Crippen molar-refractivity contribution in [3.63, 3.8) is 0 Å². The van der Waals surface area contributed by atoms with E-state index in [2.05, 4.69) is 5.32 Å². The highest BCUT2D eigenvalue weighted by Gasteiger charge is 2.16. The number of likely N-dealkylation sites (N-methyl/N-ethyl adjacent to an activating group) is 1. The molecule has 0 radical (unpaired) electrons. The number of esters is 1. The van der Waals surface area contributed by atoms with Crippen LogP contribution in [-0.2, 0) is 20.9 Å². The number of hydrogen-bond acceptors (Lipinski definition) is 5.